The van der Waals surface area contributed by atoms with Crippen molar-refractivity contribution in [2.75, 3.05) is 13.1 Å². The maximum atomic E-state index is 12.5. The number of alkyl halides is 5. The Morgan fingerprint density at radius 1 is 1.32 bits per heavy atom. The third-order valence-corrected chi connectivity index (χ3v) is 3.59. The number of nitrogens with zero attached hydrogens (tertiary/aromatic N) is 1. The molecule has 0 saturated carbocycles. The maximum Gasteiger partial charge on any atom is 0.405 e. The van der Waals surface area contributed by atoms with Gasteiger partial charge in [0.15, 0.2) is 0 Å². The zero-order chi connectivity index (χ0) is 18.6. The molecule has 2 amide bonds. The molecule has 1 aliphatic rings. The Balaban J connectivity index is 2.08. The molecule has 1 atom stereocenters. The minimum atomic E-state index is -4.55. The molecule has 0 aromatic heterocycles. The average molecular weight is 366 g/mol. The van der Waals surface area contributed by atoms with Gasteiger partial charge in [-0.3, -0.25) is 9.59 Å². The van der Waals surface area contributed by atoms with Crippen molar-refractivity contribution in [2.45, 2.75) is 31.7 Å². The minimum absolute atomic E-state index is 0.00803. The summed E-state index contributed by atoms with van der Waals surface area (Å²) in [6.45, 7) is -4.36. The van der Waals surface area contributed by atoms with Crippen LogP contribution in [0, 0.1) is 0 Å². The molecule has 10 heteroatoms. The molecule has 25 heavy (non-hydrogen) atoms. The maximum absolute atomic E-state index is 12.5. The monoisotopic (exact) mass is 366 g/mol. The van der Waals surface area contributed by atoms with Crippen LogP contribution in [0.15, 0.2) is 24.3 Å². The second-order valence-corrected chi connectivity index (χ2v) is 5.40. The first-order valence-electron chi connectivity index (χ1n) is 7.37. The predicted octanol–water partition coefficient (Wildman–Crippen LogP) is 2.57. The summed E-state index contributed by atoms with van der Waals surface area (Å²) in [6, 6.07) is 3.98. The molecule has 1 N–H and O–H groups in total. The highest BCUT2D eigenvalue weighted by Crippen LogP contribution is 2.23. The van der Waals surface area contributed by atoms with E-state index >= 15 is 0 Å². The van der Waals surface area contributed by atoms with Crippen LogP contribution in [0.2, 0.25) is 0 Å². The highest BCUT2D eigenvalue weighted by Gasteiger charge is 2.36. The van der Waals surface area contributed by atoms with Crippen LogP contribution in [0.5, 0.6) is 5.75 Å². The molecule has 0 spiro atoms. The number of halogens is 5. The topological polar surface area (TPSA) is 58.6 Å². The molecule has 1 aromatic rings. The second kappa shape index (κ2) is 7.66. The number of carbonyl (C=O) groups is 2. The molecule has 1 aromatic carbocycles. The first kappa shape index (κ1) is 18.9. The molecule has 1 aliphatic heterocycles. The van der Waals surface area contributed by atoms with Crippen molar-refractivity contribution in [1.82, 2.24) is 10.2 Å². The molecule has 138 valence electrons. The van der Waals surface area contributed by atoms with Gasteiger partial charge in [0.1, 0.15) is 18.3 Å². The Hall–Kier alpha value is -2.39. The van der Waals surface area contributed by atoms with E-state index in [1.54, 1.807) is 5.32 Å². The fraction of sp³-hybridized carbons (Fsp3) is 0.467. The van der Waals surface area contributed by atoms with Crippen LogP contribution >= 0.6 is 0 Å². The van der Waals surface area contributed by atoms with Gasteiger partial charge in [-0.05, 0) is 31.0 Å². The zero-order valence-corrected chi connectivity index (χ0v) is 12.9. The molecule has 0 bridgehead atoms. The van der Waals surface area contributed by atoms with E-state index in [0.717, 1.165) is 11.0 Å². The van der Waals surface area contributed by atoms with Crippen LogP contribution in [0.4, 0.5) is 22.0 Å². The number of nitrogens with one attached hydrogen (secondary N) is 1. The van der Waals surface area contributed by atoms with Crippen LogP contribution in [-0.4, -0.2) is 48.6 Å². The van der Waals surface area contributed by atoms with Crippen molar-refractivity contribution in [3.63, 3.8) is 0 Å². The predicted molar refractivity (Wildman–Crippen MR) is 76.2 cm³/mol. The summed E-state index contributed by atoms with van der Waals surface area (Å²) in [5.74, 6) is -1.76. The molecular formula is C15H15F5N2O3. The minimum Gasteiger partial charge on any atom is -0.435 e. The summed E-state index contributed by atoms with van der Waals surface area (Å²) in [5, 5.41) is 1.76. The fourth-order valence-corrected chi connectivity index (χ4v) is 2.56. The van der Waals surface area contributed by atoms with Gasteiger partial charge in [0.25, 0.3) is 5.91 Å². The largest absolute Gasteiger partial charge is 0.435 e. The summed E-state index contributed by atoms with van der Waals surface area (Å²) < 4.78 is 65.3. The molecule has 2 rings (SSSR count). The van der Waals surface area contributed by atoms with Crippen LogP contribution in [-0.2, 0) is 4.79 Å². The number of carbonyl (C=O) groups excluding carboxylic acids is 2. The van der Waals surface area contributed by atoms with Gasteiger partial charge in [0, 0.05) is 12.1 Å². The summed E-state index contributed by atoms with van der Waals surface area (Å²) in [5.41, 5.74) is 0.00803. The van der Waals surface area contributed by atoms with Crippen molar-refractivity contribution in [3.05, 3.63) is 29.8 Å². The van der Waals surface area contributed by atoms with Gasteiger partial charge < -0.3 is 15.0 Å². The number of hydrogen-bond donors (Lipinski definition) is 1. The van der Waals surface area contributed by atoms with Crippen LogP contribution in [0.1, 0.15) is 23.2 Å². The van der Waals surface area contributed by atoms with Gasteiger partial charge in [0.05, 0.1) is 0 Å². The van der Waals surface area contributed by atoms with Crippen molar-refractivity contribution in [3.8, 4) is 5.75 Å². The SMILES string of the molecule is O=C(NCC(F)(F)F)[C@H]1CCCN1C(=O)c1cccc(OC(F)F)c1. The fourth-order valence-electron chi connectivity index (χ4n) is 2.56. The van der Waals surface area contributed by atoms with Gasteiger partial charge in [-0.1, -0.05) is 6.07 Å². The van der Waals surface area contributed by atoms with E-state index < -0.39 is 37.2 Å². The normalized spacial score (nSPS) is 17.7. The van der Waals surface area contributed by atoms with Gasteiger partial charge in [0.2, 0.25) is 5.91 Å². The number of amides is 2. The Bertz CT molecular complexity index is 636. The lowest BCUT2D eigenvalue weighted by Gasteiger charge is -2.24. The molecule has 0 unspecified atom stereocenters. The quantitative estimate of drug-likeness (QED) is 0.815. The van der Waals surface area contributed by atoms with Crippen molar-refractivity contribution in [1.29, 1.82) is 0 Å². The lowest BCUT2D eigenvalue weighted by Crippen LogP contribution is -2.48. The number of hydrogen-bond acceptors (Lipinski definition) is 3. The van der Waals surface area contributed by atoms with Crippen molar-refractivity contribution < 1.29 is 36.3 Å². The molecule has 1 fully saturated rings. The average Bonchev–Trinajstić information content (AvgIpc) is 3.00. The Morgan fingerprint density at radius 2 is 2.04 bits per heavy atom. The Kier molecular flexibility index (Phi) is 5.81. The number of benzene rings is 1. The molecule has 5 nitrogen and oxygen atoms in total. The van der Waals surface area contributed by atoms with Crippen LogP contribution in [0.3, 0.4) is 0 Å². The smallest absolute Gasteiger partial charge is 0.405 e. The lowest BCUT2D eigenvalue weighted by molar-refractivity contribution is -0.140. The third-order valence-electron chi connectivity index (χ3n) is 3.59. The summed E-state index contributed by atoms with van der Waals surface area (Å²) in [7, 11) is 0. The highest BCUT2D eigenvalue weighted by molar-refractivity contribution is 5.98. The zero-order valence-electron chi connectivity index (χ0n) is 12.9. The number of ether oxygens (including phenoxy) is 1. The van der Waals surface area contributed by atoms with E-state index in [4.69, 9.17) is 0 Å². The summed E-state index contributed by atoms with van der Waals surface area (Å²) >= 11 is 0. The number of likely N-dealkylation sites (tertiary alicyclic amines) is 1. The molecule has 0 aliphatic carbocycles. The first-order valence-corrected chi connectivity index (χ1v) is 7.37. The van der Waals surface area contributed by atoms with Crippen molar-refractivity contribution >= 4 is 11.8 Å². The van der Waals surface area contributed by atoms with Gasteiger partial charge >= 0.3 is 12.8 Å². The molecular weight excluding hydrogens is 351 g/mol. The summed E-state index contributed by atoms with van der Waals surface area (Å²) in [4.78, 5) is 25.5. The number of rotatable bonds is 5. The van der Waals surface area contributed by atoms with E-state index in [2.05, 4.69) is 4.74 Å². The third kappa shape index (κ3) is 5.30. The van der Waals surface area contributed by atoms with E-state index in [-0.39, 0.29) is 24.3 Å². The van der Waals surface area contributed by atoms with E-state index in [9.17, 15) is 31.5 Å². The van der Waals surface area contributed by atoms with Gasteiger partial charge in [-0.2, -0.15) is 22.0 Å². The highest BCUT2D eigenvalue weighted by atomic mass is 19.4. The molecule has 0 radical (unpaired) electrons. The first-order chi connectivity index (χ1) is 11.7. The van der Waals surface area contributed by atoms with Gasteiger partial charge in [-0.25, -0.2) is 0 Å². The lowest BCUT2D eigenvalue weighted by atomic mass is 10.1. The Labute approximate surface area is 139 Å². The molecule has 1 heterocycles. The van der Waals surface area contributed by atoms with E-state index in [0.29, 0.717) is 6.42 Å². The van der Waals surface area contributed by atoms with E-state index in [1.165, 1.54) is 18.2 Å². The van der Waals surface area contributed by atoms with E-state index in [1.807, 2.05) is 0 Å². The van der Waals surface area contributed by atoms with Crippen molar-refractivity contribution in [2.24, 2.45) is 0 Å². The summed E-state index contributed by atoms with van der Waals surface area (Å²) in [6.07, 6.45) is -3.88. The Morgan fingerprint density at radius 3 is 2.68 bits per heavy atom. The molecule has 1 saturated heterocycles. The van der Waals surface area contributed by atoms with Gasteiger partial charge in [-0.15, -0.1) is 0 Å². The standard InChI is InChI=1S/C15H15F5N2O3/c16-14(17)25-10-4-1-3-9(7-10)13(24)22-6-2-5-11(22)12(23)21-8-15(18,19)20/h1,3-4,7,11,14H,2,5-6,8H2,(H,21,23)/t11-/m1/s1. The second-order valence-electron chi connectivity index (χ2n) is 5.40. The van der Waals surface area contributed by atoms with Crippen LogP contribution < -0.4 is 10.1 Å². The van der Waals surface area contributed by atoms with Crippen LogP contribution in [0.25, 0.3) is 0 Å².